The molecule has 17 heavy (non-hydrogen) atoms. The van der Waals surface area contributed by atoms with Crippen molar-refractivity contribution >= 4 is 0 Å². The van der Waals surface area contributed by atoms with Crippen LogP contribution >= 0.6 is 0 Å². The second-order valence-corrected chi connectivity index (χ2v) is 5.27. The van der Waals surface area contributed by atoms with Crippen LogP contribution in [0.5, 0.6) is 0 Å². The van der Waals surface area contributed by atoms with E-state index >= 15 is 0 Å². The van der Waals surface area contributed by atoms with Gasteiger partial charge in [-0.2, -0.15) is 13.2 Å². The summed E-state index contributed by atoms with van der Waals surface area (Å²) in [5.41, 5.74) is 0. The summed E-state index contributed by atoms with van der Waals surface area (Å²) >= 11 is 0. The van der Waals surface area contributed by atoms with Gasteiger partial charge >= 0.3 is 6.18 Å². The van der Waals surface area contributed by atoms with Crippen molar-refractivity contribution < 1.29 is 13.2 Å². The monoisotopic (exact) mass is 250 g/mol. The van der Waals surface area contributed by atoms with Gasteiger partial charge in [0.05, 0.1) is 6.54 Å². The van der Waals surface area contributed by atoms with Gasteiger partial charge in [-0.25, -0.2) is 0 Å². The molecule has 5 heteroatoms. The van der Waals surface area contributed by atoms with Gasteiger partial charge < -0.3 is 5.32 Å². The Kier molecular flexibility index (Phi) is 4.31. The molecule has 1 saturated heterocycles. The molecular weight excluding hydrogens is 229 g/mol. The van der Waals surface area contributed by atoms with Crippen LogP contribution in [0.3, 0.4) is 0 Å². The van der Waals surface area contributed by atoms with Gasteiger partial charge in [0.25, 0.3) is 0 Å². The van der Waals surface area contributed by atoms with Gasteiger partial charge in [0.1, 0.15) is 0 Å². The Balaban J connectivity index is 1.76. The molecule has 1 saturated carbocycles. The summed E-state index contributed by atoms with van der Waals surface area (Å²) in [6, 6.07) is 0.650. The van der Waals surface area contributed by atoms with Crippen LogP contribution in [0.15, 0.2) is 0 Å². The van der Waals surface area contributed by atoms with Crippen molar-refractivity contribution in [2.45, 2.75) is 56.8 Å². The number of hydrogen-bond acceptors (Lipinski definition) is 2. The summed E-state index contributed by atoms with van der Waals surface area (Å²) < 4.78 is 36.4. The van der Waals surface area contributed by atoms with Crippen LogP contribution in [0.4, 0.5) is 13.2 Å². The Hall–Kier alpha value is -0.290. The predicted octanol–water partition coefficient (Wildman–Crippen LogP) is 2.55. The molecule has 2 rings (SSSR count). The normalized spacial score (nSPS) is 28.8. The number of halogens is 3. The first-order valence-electron chi connectivity index (χ1n) is 6.59. The highest BCUT2D eigenvalue weighted by atomic mass is 19.4. The molecular formula is C12H21F3N2. The third-order valence-corrected chi connectivity index (χ3v) is 3.89. The van der Waals surface area contributed by atoms with E-state index in [-0.39, 0.29) is 6.04 Å². The van der Waals surface area contributed by atoms with Gasteiger partial charge in [-0.3, -0.25) is 4.90 Å². The second-order valence-electron chi connectivity index (χ2n) is 5.27. The Morgan fingerprint density at radius 3 is 2.41 bits per heavy atom. The Morgan fingerprint density at radius 1 is 1.06 bits per heavy atom. The number of hydrogen-bond donors (Lipinski definition) is 1. The molecule has 0 amide bonds. The van der Waals surface area contributed by atoms with E-state index in [9.17, 15) is 13.2 Å². The summed E-state index contributed by atoms with van der Waals surface area (Å²) in [6.45, 7) is 1.01. The SMILES string of the molecule is FC(F)(F)CNC1CCCN(C2CCCC2)C1. The highest BCUT2D eigenvalue weighted by molar-refractivity contribution is 4.85. The largest absolute Gasteiger partial charge is 0.401 e. The molecule has 0 bridgehead atoms. The number of nitrogens with one attached hydrogen (secondary N) is 1. The maximum Gasteiger partial charge on any atom is 0.401 e. The average molecular weight is 250 g/mol. The van der Waals surface area contributed by atoms with Crippen LogP contribution in [0.1, 0.15) is 38.5 Å². The quantitative estimate of drug-likeness (QED) is 0.828. The minimum absolute atomic E-state index is 0.0194. The summed E-state index contributed by atoms with van der Waals surface area (Å²) in [4.78, 5) is 2.39. The molecule has 1 atom stereocenters. The molecule has 2 aliphatic rings. The summed E-state index contributed by atoms with van der Waals surface area (Å²) in [6.07, 6.45) is 2.82. The fourth-order valence-electron chi connectivity index (χ4n) is 3.03. The minimum atomic E-state index is -4.09. The highest BCUT2D eigenvalue weighted by Crippen LogP contribution is 2.26. The number of nitrogens with zero attached hydrogens (tertiary/aromatic N) is 1. The summed E-state index contributed by atoms with van der Waals surface area (Å²) in [5, 5.41) is 2.65. The number of piperidine rings is 1. The molecule has 2 nitrogen and oxygen atoms in total. The lowest BCUT2D eigenvalue weighted by atomic mass is 10.0. The van der Waals surface area contributed by atoms with Crippen LogP contribution in [0.2, 0.25) is 0 Å². The van der Waals surface area contributed by atoms with E-state index in [1.54, 1.807) is 0 Å². The zero-order valence-electron chi connectivity index (χ0n) is 10.1. The lowest BCUT2D eigenvalue weighted by Gasteiger charge is -2.37. The van der Waals surface area contributed by atoms with E-state index in [1.165, 1.54) is 25.7 Å². The maximum atomic E-state index is 12.1. The Labute approximate surface area is 101 Å². The zero-order chi connectivity index (χ0) is 12.3. The van der Waals surface area contributed by atoms with Crippen molar-refractivity contribution in [2.24, 2.45) is 0 Å². The minimum Gasteiger partial charge on any atom is -0.305 e. The molecule has 0 spiro atoms. The van der Waals surface area contributed by atoms with Gasteiger partial charge in [0, 0.05) is 18.6 Å². The van der Waals surface area contributed by atoms with E-state index in [4.69, 9.17) is 0 Å². The lowest BCUT2D eigenvalue weighted by molar-refractivity contribution is -0.127. The van der Waals surface area contributed by atoms with Gasteiger partial charge in [-0.1, -0.05) is 12.8 Å². The van der Waals surface area contributed by atoms with Gasteiger partial charge in [-0.05, 0) is 32.2 Å². The lowest BCUT2D eigenvalue weighted by Crippen LogP contribution is -2.50. The number of alkyl halides is 3. The second kappa shape index (κ2) is 5.57. The third-order valence-electron chi connectivity index (χ3n) is 3.89. The molecule has 0 aromatic carbocycles. The first-order valence-corrected chi connectivity index (χ1v) is 6.59. The molecule has 2 fully saturated rings. The van der Waals surface area contributed by atoms with Crippen molar-refractivity contribution in [1.82, 2.24) is 10.2 Å². The van der Waals surface area contributed by atoms with E-state index in [2.05, 4.69) is 10.2 Å². The van der Waals surface area contributed by atoms with Crippen molar-refractivity contribution in [3.8, 4) is 0 Å². The van der Waals surface area contributed by atoms with E-state index in [0.717, 1.165) is 25.9 Å². The first-order chi connectivity index (χ1) is 8.04. The fraction of sp³-hybridized carbons (Fsp3) is 1.00. The van der Waals surface area contributed by atoms with Crippen LogP contribution in [-0.2, 0) is 0 Å². The van der Waals surface area contributed by atoms with E-state index in [1.807, 2.05) is 0 Å². The average Bonchev–Trinajstić information content (AvgIpc) is 2.79. The van der Waals surface area contributed by atoms with Crippen LogP contribution in [0, 0.1) is 0 Å². The highest BCUT2D eigenvalue weighted by Gasteiger charge is 2.31. The molecule has 1 unspecified atom stereocenters. The maximum absolute atomic E-state index is 12.1. The first kappa shape index (κ1) is 13.1. The van der Waals surface area contributed by atoms with Gasteiger partial charge in [-0.15, -0.1) is 0 Å². The van der Waals surface area contributed by atoms with E-state index in [0.29, 0.717) is 6.04 Å². The van der Waals surface area contributed by atoms with E-state index < -0.39 is 12.7 Å². The third kappa shape index (κ3) is 4.14. The smallest absolute Gasteiger partial charge is 0.305 e. The summed E-state index contributed by atoms with van der Waals surface area (Å²) in [5.74, 6) is 0. The predicted molar refractivity (Wildman–Crippen MR) is 60.9 cm³/mol. The van der Waals surface area contributed by atoms with Crippen molar-refractivity contribution in [3.63, 3.8) is 0 Å². The van der Waals surface area contributed by atoms with Crippen molar-refractivity contribution in [2.75, 3.05) is 19.6 Å². The summed E-state index contributed by atoms with van der Waals surface area (Å²) in [7, 11) is 0. The molecule has 0 aromatic rings. The Bertz CT molecular complexity index is 236. The van der Waals surface area contributed by atoms with Crippen molar-refractivity contribution in [3.05, 3.63) is 0 Å². The van der Waals surface area contributed by atoms with Crippen LogP contribution in [0.25, 0.3) is 0 Å². The van der Waals surface area contributed by atoms with Crippen LogP contribution < -0.4 is 5.32 Å². The van der Waals surface area contributed by atoms with Crippen molar-refractivity contribution in [1.29, 1.82) is 0 Å². The standard InChI is InChI=1S/C12H21F3N2/c13-12(14,15)9-16-10-4-3-7-17(8-10)11-5-1-2-6-11/h10-11,16H,1-9H2. The molecule has 100 valence electrons. The molecule has 1 aliphatic carbocycles. The fourth-order valence-corrected chi connectivity index (χ4v) is 3.03. The molecule has 1 heterocycles. The molecule has 0 aromatic heterocycles. The molecule has 1 aliphatic heterocycles. The van der Waals surface area contributed by atoms with Gasteiger partial charge in [0.15, 0.2) is 0 Å². The van der Waals surface area contributed by atoms with Crippen LogP contribution in [-0.4, -0.2) is 42.8 Å². The van der Waals surface area contributed by atoms with Gasteiger partial charge in [0.2, 0.25) is 0 Å². The topological polar surface area (TPSA) is 15.3 Å². The molecule has 1 N–H and O–H groups in total. The number of rotatable bonds is 3. The molecule has 0 radical (unpaired) electrons. The number of likely N-dealkylation sites (tertiary alicyclic amines) is 1. The zero-order valence-corrected chi connectivity index (χ0v) is 10.1. The Morgan fingerprint density at radius 2 is 1.76 bits per heavy atom.